The second-order valence-electron chi connectivity index (χ2n) is 6.54. The predicted molar refractivity (Wildman–Crippen MR) is 108 cm³/mol. The largest absolute Gasteiger partial charge is 0.475 e. The van der Waals surface area contributed by atoms with Crippen LogP contribution < -0.4 is 15.0 Å². The Balaban J connectivity index is 1.47. The molecule has 152 valence electrons. The van der Waals surface area contributed by atoms with Crippen LogP contribution in [0.3, 0.4) is 0 Å². The van der Waals surface area contributed by atoms with Crippen molar-refractivity contribution in [1.82, 2.24) is 5.32 Å². The molecule has 0 fully saturated rings. The third kappa shape index (κ3) is 5.48. The highest BCUT2D eigenvalue weighted by molar-refractivity contribution is 6.30. The summed E-state index contributed by atoms with van der Waals surface area (Å²) in [5, 5.41) is 3.32. The van der Waals surface area contributed by atoms with Crippen LogP contribution in [0.4, 0.5) is 5.69 Å². The Bertz CT molecular complexity index is 917. The zero-order valence-electron chi connectivity index (χ0n) is 15.9. The van der Waals surface area contributed by atoms with Gasteiger partial charge in [0.25, 0.3) is 5.91 Å². The number of halogens is 1. The zero-order chi connectivity index (χ0) is 20.8. The average molecular weight is 417 g/mol. The Morgan fingerprint density at radius 1 is 1.21 bits per heavy atom. The Morgan fingerprint density at radius 3 is 2.76 bits per heavy atom. The van der Waals surface area contributed by atoms with Crippen molar-refractivity contribution in [3.05, 3.63) is 59.1 Å². The van der Waals surface area contributed by atoms with Gasteiger partial charge in [-0.1, -0.05) is 35.9 Å². The first kappa shape index (κ1) is 20.7. The Morgan fingerprint density at radius 2 is 2.00 bits per heavy atom. The summed E-state index contributed by atoms with van der Waals surface area (Å²) in [4.78, 5) is 37.6. The smallest absolute Gasteiger partial charge is 0.349 e. The van der Waals surface area contributed by atoms with Gasteiger partial charge in [-0.3, -0.25) is 9.59 Å². The molecular formula is C21H21ClN2O5. The average Bonchev–Trinajstić information content (AvgIpc) is 2.71. The van der Waals surface area contributed by atoms with E-state index >= 15 is 0 Å². The highest BCUT2D eigenvalue weighted by Crippen LogP contribution is 2.33. The maximum atomic E-state index is 12.3. The highest BCUT2D eigenvalue weighted by Gasteiger charge is 2.33. The van der Waals surface area contributed by atoms with E-state index in [1.807, 2.05) is 18.2 Å². The minimum absolute atomic E-state index is 0.0293. The van der Waals surface area contributed by atoms with Gasteiger partial charge in [0.2, 0.25) is 12.0 Å². The first-order chi connectivity index (χ1) is 13.9. The standard InChI is InChI=1S/C21H21ClN2O5/c1-14(25)24-12-19(29-18-8-3-2-7-17(18)24)21(27)28-13-20(26)23-10-9-15-5-4-6-16(22)11-15/h2-8,11,19H,9-10,12-13H2,1H3,(H,23,26)/t19-/m0/s1. The fraction of sp³-hybridized carbons (Fsp3) is 0.286. The summed E-state index contributed by atoms with van der Waals surface area (Å²) >= 11 is 5.92. The lowest BCUT2D eigenvalue weighted by Gasteiger charge is -2.33. The molecule has 29 heavy (non-hydrogen) atoms. The van der Waals surface area contributed by atoms with E-state index in [1.165, 1.54) is 11.8 Å². The summed E-state index contributed by atoms with van der Waals surface area (Å²) in [6.45, 7) is 1.41. The van der Waals surface area contributed by atoms with E-state index in [0.717, 1.165) is 5.56 Å². The van der Waals surface area contributed by atoms with Crippen molar-refractivity contribution < 1.29 is 23.9 Å². The summed E-state index contributed by atoms with van der Waals surface area (Å²) in [6.07, 6.45) is -0.385. The lowest BCUT2D eigenvalue weighted by molar-refractivity contribution is -0.155. The molecular weight excluding hydrogens is 396 g/mol. The molecule has 2 aromatic carbocycles. The van der Waals surface area contributed by atoms with Gasteiger partial charge in [-0.2, -0.15) is 0 Å². The quantitative estimate of drug-likeness (QED) is 0.731. The summed E-state index contributed by atoms with van der Waals surface area (Å²) < 4.78 is 10.7. The van der Waals surface area contributed by atoms with Gasteiger partial charge >= 0.3 is 5.97 Å². The van der Waals surface area contributed by atoms with E-state index in [1.54, 1.807) is 30.3 Å². The molecule has 1 aliphatic heterocycles. The molecule has 8 heteroatoms. The third-order valence-corrected chi connectivity index (χ3v) is 4.62. The van der Waals surface area contributed by atoms with Crippen molar-refractivity contribution in [1.29, 1.82) is 0 Å². The van der Waals surface area contributed by atoms with Gasteiger partial charge in [-0.15, -0.1) is 0 Å². The topological polar surface area (TPSA) is 84.9 Å². The van der Waals surface area contributed by atoms with Crippen molar-refractivity contribution in [3.63, 3.8) is 0 Å². The third-order valence-electron chi connectivity index (χ3n) is 4.39. The summed E-state index contributed by atoms with van der Waals surface area (Å²) in [5.74, 6) is -0.907. The molecule has 0 bridgehead atoms. The molecule has 3 rings (SSSR count). The highest BCUT2D eigenvalue weighted by atomic mass is 35.5. The minimum Gasteiger partial charge on any atom is -0.475 e. The number of fused-ring (bicyclic) bond motifs is 1. The van der Waals surface area contributed by atoms with Crippen LogP contribution in [-0.4, -0.2) is 43.6 Å². The molecule has 1 heterocycles. The van der Waals surface area contributed by atoms with Crippen LogP contribution in [0.5, 0.6) is 5.75 Å². The lowest BCUT2D eigenvalue weighted by Crippen LogP contribution is -2.47. The van der Waals surface area contributed by atoms with E-state index in [4.69, 9.17) is 21.1 Å². The molecule has 2 aromatic rings. The van der Waals surface area contributed by atoms with Crippen LogP contribution in [-0.2, 0) is 25.5 Å². The Hall–Kier alpha value is -3.06. The maximum Gasteiger partial charge on any atom is 0.349 e. The Labute approximate surface area is 173 Å². The molecule has 0 saturated carbocycles. The number of benzene rings is 2. The summed E-state index contributed by atoms with van der Waals surface area (Å²) in [6, 6.07) is 14.3. The SMILES string of the molecule is CC(=O)N1C[C@@H](C(=O)OCC(=O)NCCc2cccc(Cl)c2)Oc2ccccc21. The van der Waals surface area contributed by atoms with Gasteiger partial charge in [-0.05, 0) is 36.2 Å². The van der Waals surface area contributed by atoms with Gasteiger partial charge in [0.1, 0.15) is 5.75 Å². The first-order valence-corrected chi connectivity index (χ1v) is 9.53. The number of carbonyl (C=O) groups excluding carboxylic acids is 3. The molecule has 0 radical (unpaired) electrons. The van der Waals surface area contributed by atoms with Crippen molar-refractivity contribution in [2.24, 2.45) is 0 Å². The number of rotatable bonds is 6. The lowest BCUT2D eigenvalue weighted by atomic mass is 10.1. The van der Waals surface area contributed by atoms with Crippen LogP contribution in [0.1, 0.15) is 12.5 Å². The van der Waals surface area contributed by atoms with Gasteiger partial charge in [0.05, 0.1) is 12.2 Å². The fourth-order valence-electron chi connectivity index (χ4n) is 2.97. The maximum absolute atomic E-state index is 12.3. The van der Waals surface area contributed by atoms with Crippen molar-refractivity contribution in [3.8, 4) is 5.75 Å². The minimum atomic E-state index is -0.993. The predicted octanol–water partition coefficient (Wildman–Crippen LogP) is 2.36. The monoisotopic (exact) mass is 416 g/mol. The molecule has 0 aliphatic carbocycles. The van der Waals surface area contributed by atoms with E-state index in [-0.39, 0.29) is 12.5 Å². The van der Waals surface area contributed by atoms with Gasteiger partial charge in [0, 0.05) is 18.5 Å². The summed E-state index contributed by atoms with van der Waals surface area (Å²) in [5.41, 5.74) is 1.59. The molecule has 2 amide bonds. The number of hydrogen-bond acceptors (Lipinski definition) is 5. The summed E-state index contributed by atoms with van der Waals surface area (Å²) in [7, 11) is 0. The van der Waals surface area contributed by atoms with Crippen LogP contribution >= 0.6 is 11.6 Å². The number of hydrogen-bond donors (Lipinski definition) is 1. The number of esters is 1. The zero-order valence-corrected chi connectivity index (χ0v) is 16.6. The molecule has 1 N–H and O–H groups in total. The Kier molecular flexibility index (Phi) is 6.72. The molecule has 1 atom stereocenters. The molecule has 1 aliphatic rings. The van der Waals surface area contributed by atoms with Crippen molar-refractivity contribution in [2.45, 2.75) is 19.4 Å². The first-order valence-electron chi connectivity index (χ1n) is 9.15. The number of ether oxygens (including phenoxy) is 2. The fourth-order valence-corrected chi connectivity index (χ4v) is 3.19. The number of nitrogens with one attached hydrogen (secondary N) is 1. The number of nitrogens with zero attached hydrogens (tertiary/aromatic N) is 1. The van der Waals surface area contributed by atoms with Crippen LogP contribution in [0.15, 0.2) is 48.5 Å². The molecule has 0 aromatic heterocycles. The molecule has 7 nitrogen and oxygen atoms in total. The second kappa shape index (κ2) is 9.43. The van der Waals surface area contributed by atoms with Gasteiger partial charge in [0.15, 0.2) is 6.61 Å². The van der Waals surface area contributed by atoms with Crippen LogP contribution in [0, 0.1) is 0 Å². The molecule has 0 saturated heterocycles. The molecule has 0 spiro atoms. The second-order valence-corrected chi connectivity index (χ2v) is 6.98. The van der Waals surface area contributed by atoms with E-state index in [0.29, 0.717) is 29.4 Å². The van der Waals surface area contributed by atoms with Crippen molar-refractivity contribution >= 4 is 35.1 Å². The van der Waals surface area contributed by atoms with Gasteiger partial charge < -0.3 is 19.7 Å². The van der Waals surface area contributed by atoms with E-state index in [2.05, 4.69) is 5.32 Å². The van der Waals surface area contributed by atoms with E-state index in [9.17, 15) is 14.4 Å². The number of anilines is 1. The number of amides is 2. The van der Waals surface area contributed by atoms with Crippen LogP contribution in [0.2, 0.25) is 5.02 Å². The number of carbonyl (C=O) groups is 3. The molecule has 0 unspecified atom stereocenters. The number of para-hydroxylation sites is 2. The van der Waals surface area contributed by atoms with Crippen LogP contribution in [0.25, 0.3) is 0 Å². The van der Waals surface area contributed by atoms with Gasteiger partial charge in [-0.25, -0.2) is 4.79 Å². The normalized spacial score (nSPS) is 15.1. The van der Waals surface area contributed by atoms with E-state index < -0.39 is 24.6 Å². The van der Waals surface area contributed by atoms with Crippen molar-refractivity contribution in [2.75, 3.05) is 24.6 Å².